The number of hydrogen-bond donors (Lipinski definition) is 2. The van der Waals surface area contributed by atoms with Gasteiger partial charge in [0.1, 0.15) is 23.2 Å². The Hall–Kier alpha value is -4.60. The summed E-state index contributed by atoms with van der Waals surface area (Å²) in [6.07, 6.45) is 3.49. The van der Waals surface area contributed by atoms with Gasteiger partial charge in [-0.1, -0.05) is 37.3 Å². The van der Waals surface area contributed by atoms with Crippen LogP contribution in [0, 0.1) is 0 Å². The van der Waals surface area contributed by atoms with Gasteiger partial charge in [0, 0.05) is 0 Å². The third kappa shape index (κ3) is 3.45. The fourth-order valence-electron chi connectivity index (χ4n) is 4.14. The molecular formula is C24H22N8O2. The molecular weight excluding hydrogens is 432 g/mol. The number of amides is 1. The van der Waals surface area contributed by atoms with E-state index in [0.717, 1.165) is 5.56 Å². The van der Waals surface area contributed by atoms with Crippen molar-refractivity contribution in [2.24, 2.45) is 0 Å². The van der Waals surface area contributed by atoms with Crippen LogP contribution in [0.4, 0.5) is 5.82 Å². The molecule has 0 aliphatic rings. The van der Waals surface area contributed by atoms with Crippen molar-refractivity contribution in [2.75, 3.05) is 5.73 Å². The molecule has 0 saturated carbocycles. The van der Waals surface area contributed by atoms with E-state index in [1.54, 1.807) is 11.5 Å². The molecule has 2 aromatic carbocycles. The molecule has 34 heavy (non-hydrogen) atoms. The summed E-state index contributed by atoms with van der Waals surface area (Å²) >= 11 is 0. The SMILES string of the molecule is CCc1cccc2nc([C@H](C)NC(=O)c3c(N)nn4cnncc34)n(-c3ccccc3)c(=O)c12. The molecule has 10 heteroatoms. The molecule has 170 valence electrons. The van der Waals surface area contributed by atoms with Gasteiger partial charge >= 0.3 is 0 Å². The summed E-state index contributed by atoms with van der Waals surface area (Å²) in [5, 5.41) is 15.2. The molecule has 5 rings (SSSR count). The Labute approximate surface area is 194 Å². The van der Waals surface area contributed by atoms with Crippen molar-refractivity contribution in [1.82, 2.24) is 34.7 Å². The van der Waals surface area contributed by atoms with Crippen LogP contribution >= 0.6 is 0 Å². The fraction of sp³-hybridized carbons (Fsp3) is 0.167. The first-order chi connectivity index (χ1) is 16.5. The van der Waals surface area contributed by atoms with E-state index in [1.807, 2.05) is 55.5 Å². The molecule has 0 bridgehead atoms. The lowest BCUT2D eigenvalue weighted by atomic mass is 10.1. The number of rotatable bonds is 5. The molecule has 5 aromatic rings. The number of nitrogens with zero attached hydrogens (tertiary/aromatic N) is 6. The van der Waals surface area contributed by atoms with Gasteiger partial charge in [0.15, 0.2) is 5.82 Å². The lowest BCUT2D eigenvalue weighted by Crippen LogP contribution is -2.33. The first-order valence-electron chi connectivity index (χ1n) is 10.8. The summed E-state index contributed by atoms with van der Waals surface area (Å²) in [5.74, 6) is 0.00316. The van der Waals surface area contributed by atoms with E-state index in [9.17, 15) is 9.59 Å². The first kappa shape index (κ1) is 21.3. The zero-order chi connectivity index (χ0) is 23.8. The Kier molecular flexibility index (Phi) is 5.25. The highest BCUT2D eigenvalue weighted by atomic mass is 16.2. The topological polar surface area (TPSA) is 133 Å². The van der Waals surface area contributed by atoms with E-state index >= 15 is 0 Å². The minimum Gasteiger partial charge on any atom is -0.382 e. The molecule has 3 heterocycles. The molecule has 1 atom stereocenters. The summed E-state index contributed by atoms with van der Waals surface area (Å²) in [5.41, 5.74) is 8.59. The van der Waals surface area contributed by atoms with Gasteiger partial charge in [0.05, 0.1) is 28.8 Å². The van der Waals surface area contributed by atoms with Crippen LogP contribution in [0.1, 0.15) is 41.6 Å². The van der Waals surface area contributed by atoms with E-state index in [2.05, 4.69) is 20.6 Å². The van der Waals surface area contributed by atoms with E-state index in [0.29, 0.717) is 34.4 Å². The minimum atomic E-state index is -0.626. The van der Waals surface area contributed by atoms with Gasteiger partial charge in [-0.2, -0.15) is 5.10 Å². The average molecular weight is 454 g/mol. The Morgan fingerprint density at radius 3 is 2.68 bits per heavy atom. The highest BCUT2D eigenvalue weighted by Crippen LogP contribution is 2.22. The van der Waals surface area contributed by atoms with Crippen LogP contribution in [0.3, 0.4) is 0 Å². The lowest BCUT2D eigenvalue weighted by molar-refractivity contribution is 0.0940. The van der Waals surface area contributed by atoms with Crippen LogP contribution in [-0.4, -0.2) is 35.3 Å². The smallest absolute Gasteiger partial charge is 0.266 e. The van der Waals surface area contributed by atoms with Crippen molar-refractivity contribution in [3.05, 3.63) is 88.4 Å². The van der Waals surface area contributed by atoms with E-state index in [1.165, 1.54) is 17.0 Å². The monoisotopic (exact) mass is 454 g/mol. The second-order valence-electron chi connectivity index (χ2n) is 7.87. The van der Waals surface area contributed by atoms with E-state index in [-0.39, 0.29) is 16.9 Å². The standard InChI is InChI=1S/C24H22N8O2/c1-3-15-8-7-11-17-19(15)24(34)32(16-9-5-4-6-10-16)22(29-17)14(2)28-23(33)20-18-12-26-27-13-31(18)30-21(20)25/h4-14H,3H2,1-2H3,(H2,25,30)(H,28,33)/t14-/m0/s1. The Morgan fingerprint density at radius 1 is 1.12 bits per heavy atom. The number of hydrogen-bond acceptors (Lipinski definition) is 7. The second-order valence-corrected chi connectivity index (χ2v) is 7.87. The van der Waals surface area contributed by atoms with Gasteiger partial charge in [0.25, 0.3) is 11.5 Å². The van der Waals surface area contributed by atoms with Crippen molar-refractivity contribution in [2.45, 2.75) is 26.3 Å². The number of nitrogens with two attached hydrogens (primary N) is 1. The number of para-hydroxylation sites is 1. The van der Waals surface area contributed by atoms with Gasteiger partial charge in [-0.25, -0.2) is 9.50 Å². The molecule has 0 unspecified atom stereocenters. The molecule has 0 radical (unpaired) electrons. The number of benzene rings is 2. The van der Waals surface area contributed by atoms with Crippen LogP contribution in [0.15, 0.2) is 65.8 Å². The van der Waals surface area contributed by atoms with Crippen LogP contribution in [-0.2, 0) is 6.42 Å². The van der Waals surface area contributed by atoms with Crippen molar-refractivity contribution < 1.29 is 4.79 Å². The van der Waals surface area contributed by atoms with Gasteiger partial charge in [0.2, 0.25) is 0 Å². The average Bonchev–Trinajstić information content (AvgIpc) is 3.19. The number of anilines is 1. The Balaban J connectivity index is 1.64. The molecule has 1 amide bonds. The normalized spacial score (nSPS) is 12.2. The zero-order valence-electron chi connectivity index (χ0n) is 18.6. The van der Waals surface area contributed by atoms with E-state index < -0.39 is 11.9 Å². The van der Waals surface area contributed by atoms with E-state index in [4.69, 9.17) is 10.7 Å². The molecule has 0 fully saturated rings. The van der Waals surface area contributed by atoms with Crippen LogP contribution < -0.4 is 16.6 Å². The maximum Gasteiger partial charge on any atom is 0.266 e. The maximum atomic E-state index is 13.7. The summed E-state index contributed by atoms with van der Waals surface area (Å²) in [4.78, 5) is 31.8. The molecule has 0 aliphatic heterocycles. The number of carbonyl (C=O) groups is 1. The number of aromatic nitrogens is 6. The van der Waals surface area contributed by atoms with Crippen LogP contribution in [0.2, 0.25) is 0 Å². The minimum absolute atomic E-state index is 0.0546. The summed E-state index contributed by atoms with van der Waals surface area (Å²) in [7, 11) is 0. The molecule has 3 aromatic heterocycles. The quantitative estimate of drug-likeness (QED) is 0.417. The number of nitrogen functional groups attached to an aromatic ring is 1. The van der Waals surface area contributed by atoms with Crippen LogP contribution in [0.25, 0.3) is 22.1 Å². The second kappa shape index (κ2) is 8.39. The van der Waals surface area contributed by atoms with Crippen molar-refractivity contribution >= 4 is 28.1 Å². The van der Waals surface area contributed by atoms with Gasteiger partial charge in [-0.15, -0.1) is 10.2 Å². The van der Waals surface area contributed by atoms with Crippen molar-refractivity contribution in [3.8, 4) is 5.69 Å². The number of aryl methyl sites for hydroxylation is 1. The molecule has 0 aliphatic carbocycles. The molecule has 3 N–H and O–H groups in total. The third-order valence-electron chi connectivity index (χ3n) is 5.75. The van der Waals surface area contributed by atoms with Gasteiger partial charge in [-0.05, 0) is 37.1 Å². The highest BCUT2D eigenvalue weighted by Gasteiger charge is 2.24. The number of nitrogens with one attached hydrogen (secondary N) is 1. The zero-order valence-corrected chi connectivity index (χ0v) is 18.6. The highest BCUT2D eigenvalue weighted by molar-refractivity contribution is 6.05. The fourth-order valence-corrected chi connectivity index (χ4v) is 4.14. The van der Waals surface area contributed by atoms with Crippen molar-refractivity contribution in [1.29, 1.82) is 0 Å². The predicted molar refractivity (Wildman–Crippen MR) is 128 cm³/mol. The van der Waals surface area contributed by atoms with Gasteiger partial charge < -0.3 is 11.1 Å². The van der Waals surface area contributed by atoms with Crippen LogP contribution in [0.5, 0.6) is 0 Å². The lowest BCUT2D eigenvalue weighted by Gasteiger charge is -2.20. The third-order valence-corrected chi connectivity index (χ3v) is 5.75. The number of carbonyl (C=O) groups excluding carboxylic acids is 1. The largest absolute Gasteiger partial charge is 0.382 e. The summed E-state index contributed by atoms with van der Waals surface area (Å²) in [6.45, 7) is 3.78. The molecule has 0 spiro atoms. The maximum absolute atomic E-state index is 13.7. The summed E-state index contributed by atoms with van der Waals surface area (Å²) in [6, 6.07) is 14.3. The van der Waals surface area contributed by atoms with Crippen molar-refractivity contribution in [3.63, 3.8) is 0 Å². The molecule has 0 saturated heterocycles. The molecule has 10 nitrogen and oxygen atoms in total. The predicted octanol–water partition coefficient (Wildman–Crippen LogP) is 2.46. The number of fused-ring (bicyclic) bond motifs is 2. The summed E-state index contributed by atoms with van der Waals surface area (Å²) < 4.78 is 2.94. The Bertz CT molecular complexity index is 1590. The first-order valence-corrected chi connectivity index (χ1v) is 10.8. The Morgan fingerprint density at radius 2 is 1.91 bits per heavy atom. The van der Waals surface area contributed by atoms with Gasteiger partial charge in [-0.3, -0.25) is 14.2 Å².